The second-order valence-electron chi connectivity index (χ2n) is 5.40. The first-order valence-electron chi connectivity index (χ1n) is 7.98. The Labute approximate surface area is 162 Å². The first kappa shape index (κ1) is 19.1. The smallest absolute Gasteiger partial charge is 0.174 e. The highest BCUT2D eigenvalue weighted by molar-refractivity contribution is 14.1. The number of aryl methyl sites for hydroxylation is 1. The summed E-state index contributed by atoms with van der Waals surface area (Å²) >= 11 is 2.22. The molecule has 2 aromatic rings. The third kappa shape index (κ3) is 5.10. The van der Waals surface area contributed by atoms with Crippen LogP contribution in [0, 0.1) is 21.8 Å². The van der Waals surface area contributed by atoms with Gasteiger partial charge in [-0.15, -0.1) is 0 Å². The molecule has 25 heavy (non-hydrogen) atoms. The largest absolute Gasteiger partial charge is 0.490 e. The minimum Gasteiger partial charge on any atom is -0.490 e. The van der Waals surface area contributed by atoms with Crippen LogP contribution >= 0.6 is 22.6 Å². The topological polar surface area (TPSA) is 42.2 Å². The molecule has 0 aliphatic carbocycles. The van der Waals surface area contributed by atoms with Crippen molar-refractivity contribution in [2.75, 3.05) is 13.2 Å². The fourth-order valence-electron chi connectivity index (χ4n) is 2.30. The van der Waals surface area contributed by atoms with Gasteiger partial charge >= 0.3 is 0 Å². The van der Waals surface area contributed by atoms with Crippen LogP contribution in [0.2, 0.25) is 0 Å². The van der Waals surface area contributed by atoms with Crippen molar-refractivity contribution in [2.45, 2.75) is 13.8 Å². The van der Waals surface area contributed by atoms with E-state index in [-0.39, 0.29) is 0 Å². The third-order valence-corrected chi connectivity index (χ3v) is 4.27. The quantitative estimate of drug-likeness (QED) is 0.240. The second kappa shape index (κ2) is 9.28. The Balaban J connectivity index is 2.45. The molecule has 128 valence electrons. The summed E-state index contributed by atoms with van der Waals surface area (Å²) < 4.78 is 12.4. The minimum absolute atomic E-state index is 0.415. The van der Waals surface area contributed by atoms with E-state index in [1.165, 1.54) is 0 Å². The number of rotatable bonds is 7. The Bertz CT molecular complexity index is 817. The second-order valence-corrected chi connectivity index (χ2v) is 6.56. The molecule has 0 heterocycles. The first-order chi connectivity index (χ1) is 12.1. The number of benzene rings is 2. The first-order valence-corrected chi connectivity index (χ1v) is 9.05. The van der Waals surface area contributed by atoms with E-state index in [9.17, 15) is 5.26 Å². The summed E-state index contributed by atoms with van der Waals surface area (Å²) in [7, 11) is 0. The Morgan fingerprint density at radius 2 is 1.96 bits per heavy atom. The summed E-state index contributed by atoms with van der Waals surface area (Å²) in [6.07, 6.45) is 3.57. The summed E-state index contributed by atoms with van der Waals surface area (Å²) in [4.78, 5) is 0. The molecule has 0 saturated carbocycles. The van der Waals surface area contributed by atoms with Crippen molar-refractivity contribution >= 4 is 34.2 Å². The van der Waals surface area contributed by atoms with Gasteiger partial charge in [0.25, 0.3) is 0 Å². The normalized spacial score (nSPS) is 10.9. The van der Waals surface area contributed by atoms with Gasteiger partial charge in [-0.3, -0.25) is 0 Å². The van der Waals surface area contributed by atoms with E-state index in [0.29, 0.717) is 30.3 Å². The molecular weight excluding hydrogens is 425 g/mol. The van der Waals surface area contributed by atoms with Crippen LogP contribution in [0.25, 0.3) is 11.6 Å². The van der Waals surface area contributed by atoms with E-state index in [2.05, 4.69) is 35.2 Å². The van der Waals surface area contributed by atoms with Crippen LogP contribution in [0.1, 0.15) is 23.6 Å². The van der Waals surface area contributed by atoms with Gasteiger partial charge in [-0.1, -0.05) is 42.5 Å². The molecule has 3 nitrogen and oxygen atoms in total. The van der Waals surface area contributed by atoms with Crippen LogP contribution in [0.15, 0.2) is 49.1 Å². The number of nitriles is 1. The SMILES string of the molecule is C=CCOc1c(I)cc(/C=C(/C#N)c2ccc(C)cc2)cc1OCC. The summed E-state index contributed by atoms with van der Waals surface area (Å²) in [5.41, 5.74) is 3.57. The van der Waals surface area contributed by atoms with Crippen LogP contribution in [0.3, 0.4) is 0 Å². The zero-order valence-electron chi connectivity index (χ0n) is 14.4. The zero-order chi connectivity index (χ0) is 18.2. The van der Waals surface area contributed by atoms with E-state index in [0.717, 1.165) is 20.3 Å². The molecule has 0 aliphatic heterocycles. The predicted molar refractivity (Wildman–Crippen MR) is 111 cm³/mol. The van der Waals surface area contributed by atoms with Gasteiger partial charge in [-0.05, 0) is 65.8 Å². The summed E-state index contributed by atoms with van der Waals surface area (Å²) in [6, 6.07) is 14.1. The van der Waals surface area contributed by atoms with Gasteiger partial charge in [0.05, 0.1) is 21.8 Å². The summed E-state index contributed by atoms with van der Waals surface area (Å²) in [5.74, 6) is 1.37. The van der Waals surface area contributed by atoms with E-state index in [1.807, 2.05) is 56.3 Å². The predicted octanol–water partition coefficient (Wildman–Crippen LogP) is 5.63. The Morgan fingerprint density at radius 1 is 1.24 bits per heavy atom. The van der Waals surface area contributed by atoms with Crippen molar-refractivity contribution in [1.82, 2.24) is 0 Å². The van der Waals surface area contributed by atoms with Gasteiger partial charge in [0.2, 0.25) is 0 Å². The molecule has 2 rings (SSSR count). The molecule has 0 fully saturated rings. The molecule has 0 unspecified atom stereocenters. The van der Waals surface area contributed by atoms with Crippen LogP contribution < -0.4 is 9.47 Å². The molecule has 0 aliphatic rings. The molecule has 0 saturated heterocycles. The fourth-order valence-corrected chi connectivity index (χ4v) is 3.08. The molecule has 0 radical (unpaired) electrons. The van der Waals surface area contributed by atoms with Crippen molar-refractivity contribution in [1.29, 1.82) is 5.26 Å². The third-order valence-electron chi connectivity index (χ3n) is 3.47. The van der Waals surface area contributed by atoms with Crippen LogP contribution in [-0.2, 0) is 0 Å². The van der Waals surface area contributed by atoms with Gasteiger partial charge in [-0.2, -0.15) is 5.26 Å². The molecule has 0 spiro atoms. The summed E-state index contributed by atoms with van der Waals surface area (Å²) in [5, 5.41) is 9.54. The molecule has 0 amide bonds. The van der Waals surface area contributed by atoms with E-state index in [4.69, 9.17) is 9.47 Å². The van der Waals surface area contributed by atoms with E-state index in [1.54, 1.807) is 6.08 Å². The number of hydrogen-bond acceptors (Lipinski definition) is 3. The van der Waals surface area contributed by atoms with Crippen LogP contribution in [0.4, 0.5) is 0 Å². The molecule has 4 heteroatoms. The maximum atomic E-state index is 9.54. The fraction of sp³-hybridized carbons (Fsp3) is 0.190. The van der Waals surface area contributed by atoms with Gasteiger partial charge in [-0.25, -0.2) is 0 Å². The van der Waals surface area contributed by atoms with Gasteiger partial charge in [0, 0.05) is 0 Å². The number of ether oxygens (including phenoxy) is 2. The average Bonchev–Trinajstić information content (AvgIpc) is 2.60. The maximum absolute atomic E-state index is 9.54. The van der Waals surface area contributed by atoms with Crippen molar-refractivity contribution in [3.05, 3.63) is 69.3 Å². The van der Waals surface area contributed by atoms with Gasteiger partial charge in [0.1, 0.15) is 6.61 Å². The van der Waals surface area contributed by atoms with E-state index < -0.39 is 0 Å². The van der Waals surface area contributed by atoms with Gasteiger partial charge in [0.15, 0.2) is 11.5 Å². The van der Waals surface area contributed by atoms with Crippen molar-refractivity contribution in [3.63, 3.8) is 0 Å². The molecule has 0 bridgehead atoms. The molecule has 2 aromatic carbocycles. The van der Waals surface area contributed by atoms with Gasteiger partial charge < -0.3 is 9.47 Å². The minimum atomic E-state index is 0.415. The Kier molecular flexibility index (Phi) is 7.08. The molecular formula is C21H20INO2. The molecule has 0 atom stereocenters. The van der Waals surface area contributed by atoms with Crippen LogP contribution in [-0.4, -0.2) is 13.2 Å². The highest BCUT2D eigenvalue weighted by Crippen LogP contribution is 2.35. The maximum Gasteiger partial charge on any atom is 0.174 e. The number of allylic oxidation sites excluding steroid dienone is 1. The Hall–Kier alpha value is -2.26. The highest BCUT2D eigenvalue weighted by Gasteiger charge is 2.12. The monoisotopic (exact) mass is 445 g/mol. The highest BCUT2D eigenvalue weighted by atomic mass is 127. The van der Waals surface area contributed by atoms with Crippen molar-refractivity contribution in [3.8, 4) is 17.6 Å². The lowest BCUT2D eigenvalue weighted by Gasteiger charge is -2.14. The van der Waals surface area contributed by atoms with Crippen molar-refractivity contribution < 1.29 is 9.47 Å². The van der Waals surface area contributed by atoms with Crippen LogP contribution in [0.5, 0.6) is 11.5 Å². The number of halogens is 1. The lowest BCUT2D eigenvalue weighted by Crippen LogP contribution is -2.01. The Morgan fingerprint density at radius 3 is 2.56 bits per heavy atom. The van der Waals surface area contributed by atoms with Crippen molar-refractivity contribution in [2.24, 2.45) is 0 Å². The standard InChI is InChI=1S/C21H20INO2/c1-4-10-25-21-19(22)12-16(13-20(21)24-5-2)11-18(14-23)17-8-6-15(3)7-9-17/h4,6-9,11-13H,1,5,10H2,2-3H3/b18-11-. The molecule has 0 aromatic heterocycles. The zero-order valence-corrected chi connectivity index (χ0v) is 16.5. The number of nitrogens with zero attached hydrogens (tertiary/aromatic N) is 1. The molecule has 0 N–H and O–H groups in total. The lowest BCUT2D eigenvalue weighted by molar-refractivity contribution is 0.295. The average molecular weight is 445 g/mol. The number of hydrogen-bond donors (Lipinski definition) is 0. The lowest BCUT2D eigenvalue weighted by atomic mass is 10.0. The van der Waals surface area contributed by atoms with E-state index >= 15 is 0 Å². The summed E-state index contributed by atoms with van der Waals surface area (Å²) in [6.45, 7) is 8.58.